The molecule has 3 rings (SSSR count). The van der Waals surface area contributed by atoms with E-state index in [2.05, 4.69) is 13.5 Å². The first-order valence-corrected chi connectivity index (χ1v) is 6.88. The molecule has 4 unspecified atom stereocenters. The van der Waals surface area contributed by atoms with Crippen LogP contribution in [0, 0.1) is 22.7 Å². The van der Waals surface area contributed by atoms with Crippen molar-refractivity contribution in [2.75, 3.05) is 13.4 Å². The summed E-state index contributed by atoms with van der Waals surface area (Å²) in [6, 6.07) is 0. The van der Waals surface area contributed by atoms with E-state index in [1.165, 1.54) is 25.7 Å². The minimum atomic E-state index is -0.363. The van der Waals surface area contributed by atoms with Crippen molar-refractivity contribution in [1.29, 1.82) is 0 Å². The molecule has 3 aliphatic carbocycles. The lowest BCUT2D eigenvalue weighted by Gasteiger charge is -2.28. The van der Waals surface area contributed by atoms with Gasteiger partial charge in [0.05, 0.1) is 6.61 Å². The van der Waals surface area contributed by atoms with Crippen LogP contribution in [0.5, 0.6) is 0 Å². The molecule has 0 saturated heterocycles. The Kier molecular flexibility index (Phi) is 2.60. The second-order valence-electron chi connectivity index (χ2n) is 6.80. The number of carbonyl (C=O) groups is 1. The summed E-state index contributed by atoms with van der Waals surface area (Å²) in [5.41, 5.74) is 1.49. The molecule has 3 nitrogen and oxygen atoms in total. The lowest BCUT2D eigenvalue weighted by Crippen LogP contribution is -2.25. The number of carbonyl (C=O) groups excluding carboxylic acids is 1. The Morgan fingerprint density at radius 2 is 2.17 bits per heavy atom. The smallest absolute Gasteiger partial charge is 0.335 e. The molecule has 3 fully saturated rings. The van der Waals surface area contributed by atoms with E-state index in [0.717, 1.165) is 18.4 Å². The first kappa shape index (κ1) is 12.2. The third kappa shape index (κ3) is 1.71. The van der Waals surface area contributed by atoms with Crippen molar-refractivity contribution in [2.24, 2.45) is 22.7 Å². The minimum absolute atomic E-state index is 0.0689. The van der Waals surface area contributed by atoms with Gasteiger partial charge in [0.2, 0.25) is 0 Å². The molecule has 0 radical (unpaired) electrons. The van der Waals surface area contributed by atoms with Crippen LogP contribution in [0.1, 0.15) is 39.5 Å². The van der Waals surface area contributed by atoms with Gasteiger partial charge in [0.1, 0.15) is 0 Å². The van der Waals surface area contributed by atoms with Crippen LogP contribution in [-0.4, -0.2) is 19.4 Å². The molecule has 0 amide bonds. The fourth-order valence-electron chi connectivity index (χ4n) is 4.62. The standard InChI is InChI=1S/C15H22O3/c1-10(2)13(16)18-9-17-8-14-4-11(3)15(7-14)6-12(15)5-14/h11-12H,1,4-9H2,2-3H3. The van der Waals surface area contributed by atoms with Gasteiger partial charge in [-0.25, -0.2) is 4.79 Å². The number of hydrogen-bond acceptors (Lipinski definition) is 3. The van der Waals surface area contributed by atoms with Gasteiger partial charge in [0.25, 0.3) is 0 Å². The Bertz CT molecular complexity index is 403. The van der Waals surface area contributed by atoms with Crippen molar-refractivity contribution < 1.29 is 14.3 Å². The van der Waals surface area contributed by atoms with Gasteiger partial charge in [-0.15, -0.1) is 0 Å². The van der Waals surface area contributed by atoms with E-state index in [4.69, 9.17) is 9.47 Å². The van der Waals surface area contributed by atoms with Crippen molar-refractivity contribution in [1.82, 2.24) is 0 Å². The van der Waals surface area contributed by atoms with Gasteiger partial charge in [-0.05, 0) is 55.3 Å². The van der Waals surface area contributed by atoms with E-state index >= 15 is 0 Å². The maximum Gasteiger partial charge on any atom is 0.335 e. The van der Waals surface area contributed by atoms with Crippen molar-refractivity contribution in [2.45, 2.75) is 39.5 Å². The van der Waals surface area contributed by atoms with Crippen LogP contribution in [-0.2, 0) is 14.3 Å². The Hall–Kier alpha value is -0.830. The van der Waals surface area contributed by atoms with Gasteiger partial charge in [-0.3, -0.25) is 0 Å². The van der Waals surface area contributed by atoms with E-state index in [1.54, 1.807) is 6.92 Å². The summed E-state index contributed by atoms with van der Waals surface area (Å²) in [5.74, 6) is 1.46. The third-order valence-corrected chi connectivity index (χ3v) is 5.41. The zero-order chi connectivity index (χ0) is 13.0. The Balaban J connectivity index is 1.45. The second kappa shape index (κ2) is 3.83. The summed E-state index contributed by atoms with van der Waals surface area (Å²) < 4.78 is 10.6. The molecule has 100 valence electrons. The predicted octanol–water partition coefficient (Wildman–Crippen LogP) is 2.91. The summed E-state index contributed by atoms with van der Waals surface area (Å²) >= 11 is 0. The normalized spacial score (nSPS) is 43.7. The Morgan fingerprint density at radius 1 is 1.39 bits per heavy atom. The lowest BCUT2D eigenvalue weighted by atomic mass is 9.81. The summed E-state index contributed by atoms with van der Waals surface area (Å²) in [6.45, 7) is 8.40. The van der Waals surface area contributed by atoms with Crippen LogP contribution in [0.2, 0.25) is 0 Å². The molecule has 2 bridgehead atoms. The Labute approximate surface area is 109 Å². The van der Waals surface area contributed by atoms with Gasteiger partial charge in [0.15, 0.2) is 6.79 Å². The molecule has 4 atom stereocenters. The van der Waals surface area contributed by atoms with Crippen LogP contribution in [0.25, 0.3) is 0 Å². The van der Waals surface area contributed by atoms with Crippen molar-refractivity contribution in [3.8, 4) is 0 Å². The van der Waals surface area contributed by atoms with E-state index in [1.807, 2.05) is 0 Å². The summed E-state index contributed by atoms with van der Waals surface area (Å²) in [7, 11) is 0. The van der Waals surface area contributed by atoms with Gasteiger partial charge in [0, 0.05) is 5.57 Å². The molecule has 3 aliphatic rings. The molecule has 3 heteroatoms. The predicted molar refractivity (Wildman–Crippen MR) is 67.7 cm³/mol. The monoisotopic (exact) mass is 250 g/mol. The molecule has 0 aromatic carbocycles. The van der Waals surface area contributed by atoms with E-state index in [-0.39, 0.29) is 12.8 Å². The molecule has 1 spiro atoms. The van der Waals surface area contributed by atoms with Gasteiger partial charge in [-0.1, -0.05) is 13.5 Å². The van der Waals surface area contributed by atoms with Gasteiger partial charge >= 0.3 is 5.97 Å². The number of ether oxygens (including phenoxy) is 2. The highest BCUT2D eigenvalue weighted by Crippen LogP contribution is 2.79. The Morgan fingerprint density at radius 3 is 2.78 bits per heavy atom. The SMILES string of the molecule is C=C(C)C(=O)OCOCC12CC(C)C3(CC3C1)C2. The van der Waals surface area contributed by atoms with Crippen LogP contribution < -0.4 is 0 Å². The van der Waals surface area contributed by atoms with Crippen molar-refractivity contribution >= 4 is 5.97 Å². The molecule has 0 aliphatic heterocycles. The quantitative estimate of drug-likeness (QED) is 0.326. The van der Waals surface area contributed by atoms with Crippen LogP contribution in [0.3, 0.4) is 0 Å². The zero-order valence-electron chi connectivity index (χ0n) is 11.3. The first-order valence-electron chi connectivity index (χ1n) is 6.88. The zero-order valence-corrected chi connectivity index (χ0v) is 11.3. The lowest BCUT2D eigenvalue weighted by molar-refractivity contribution is -0.154. The molecule has 0 heterocycles. The molecule has 3 saturated carbocycles. The topological polar surface area (TPSA) is 35.5 Å². The van der Waals surface area contributed by atoms with Crippen LogP contribution in [0.4, 0.5) is 0 Å². The maximum atomic E-state index is 11.2. The molecular formula is C15H22O3. The largest absolute Gasteiger partial charge is 0.435 e. The number of rotatable bonds is 5. The summed E-state index contributed by atoms with van der Waals surface area (Å²) in [6.07, 6.45) is 5.39. The van der Waals surface area contributed by atoms with Crippen molar-refractivity contribution in [3.63, 3.8) is 0 Å². The highest BCUT2D eigenvalue weighted by Gasteiger charge is 2.72. The van der Waals surface area contributed by atoms with Crippen LogP contribution >= 0.6 is 0 Å². The van der Waals surface area contributed by atoms with Gasteiger partial charge < -0.3 is 9.47 Å². The molecular weight excluding hydrogens is 228 g/mol. The third-order valence-electron chi connectivity index (χ3n) is 5.41. The number of hydrogen-bond donors (Lipinski definition) is 0. The highest BCUT2D eigenvalue weighted by atomic mass is 16.7. The van der Waals surface area contributed by atoms with Gasteiger partial charge in [-0.2, -0.15) is 0 Å². The van der Waals surface area contributed by atoms with E-state index < -0.39 is 0 Å². The van der Waals surface area contributed by atoms with Crippen molar-refractivity contribution in [3.05, 3.63) is 12.2 Å². The van der Waals surface area contributed by atoms with E-state index in [9.17, 15) is 4.79 Å². The fraction of sp³-hybridized carbons (Fsp3) is 0.800. The minimum Gasteiger partial charge on any atom is -0.435 e. The highest BCUT2D eigenvalue weighted by molar-refractivity contribution is 5.86. The number of esters is 1. The fourth-order valence-corrected chi connectivity index (χ4v) is 4.62. The van der Waals surface area contributed by atoms with Crippen LogP contribution in [0.15, 0.2) is 12.2 Å². The molecule has 0 aromatic heterocycles. The first-order chi connectivity index (χ1) is 8.47. The number of fused-ring (bicyclic) bond motifs is 1. The molecule has 0 N–H and O–H groups in total. The summed E-state index contributed by atoms with van der Waals surface area (Å²) in [4.78, 5) is 11.2. The maximum absolute atomic E-state index is 11.2. The second-order valence-corrected chi connectivity index (χ2v) is 6.80. The summed E-state index contributed by atoms with van der Waals surface area (Å²) in [5, 5.41) is 0. The average Bonchev–Trinajstić information content (AvgIpc) is 2.81. The average molecular weight is 250 g/mol. The molecule has 0 aromatic rings. The molecule has 18 heavy (non-hydrogen) atoms. The van der Waals surface area contributed by atoms with E-state index in [0.29, 0.717) is 16.4 Å².